The Labute approximate surface area is 265 Å². The van der Waals surface area contributed by atoms with Gasteiger partial charge in [-0.3, -0.25) is 0 Å². The molecule has 0 fully saturated rings. The molecule has 0 aliphatic carbocycles. The van der Waals surface area contributed by atoms with Crippen LogP contribution in [0.2, 0.25) is 0 Å². The van der Waals surface area contributed by atoms with Crippen molar-refractivity contribution in [2.45, 2.75) is 53.8 Å². The molecule has 0 saturated heterocycles. The molecule has 244 valence electrons. The number of carbonyl (C=O) groups is 2. The topological polar surface area (TPSA) is 71.1 Å². The van der Waals surface area contributed by atoms with E-state index in [1.54, 1.807) is 0 Å². The SMILES string of the molecule is C=C(C)C(=O)Oc1ccc(C(F)(F)Oc2cccc3c(OC(F)(F)c4ccc(OC(=O)C(=C)C)cc4)cccc23)cc1.CC.CC. The first kappa shape index (κ1) is 37.1. The van der Waals surface area contributed by atoms with E-state index in [0.717, 1.165) is 24.3 Å². The predicted octanol–water partition coefficient (Wildman–Crippen LogP) is 10.1. The molecule has 6 nitrogen and oxygen atoms in total. The van der Waals surface area contributed by atoms with Crippen LogP contribution < -0.4 is 18.9 Å². The van der Waals surface area contributed by atoms with Crippen LogP contribution in [0.1, 0.15) is 52.7 Å². The van der Waals surface area contributed by atoms with Gasteiger partial charge in [0.15, 0.2) is 0 Å². The van der Waals surface area contributed by atoms with Crippen molar-refractivity contribution in [2.24, 2.45) is 0 Å². The number of carbonyl (C=O) groups excluding carboxylic acids is 2. The smallest absolute Gasteiger partial charge is 0.426 e. The highest BCUT2D eigenvalue weighted by atomic mass is 19.3. The molecule has 0 atom stereocenters. The van der Waals surface area contributed by atoms with Gasteiger partial charge in [-0.1, -0.05) is 65.1 Å². The summed E-state index contributed by atoms with van der Waals surface area (Å²) >= 11 is 0. The molecule has 0 aliphatic heterocycles. The second-order valence-electron chi connectivity index (χ2n) is 9.23. The van der Waals surface area contributed by atoms with Crippen LogP contribution in [0, 0.1) is 0 Å². The molecule has 0 bridgehead atoms. The Kier molecular flexibility index (Phi) is 13.1. The van der Waals surface area contributed by atoms with Gasteiger partial charge in [-0.05, 0) is 74.5 Å². The van der Waals surface area contributed by atoms with Gasteiger partial charge in [0.2, 0.25) is 0 Å². The maximum absolute atomic E-state index is 15.1. The van der Waals surface area contributed by atoms with Crippen molar-refractivity contribution in [3.05, 3.63) is 120 Å². The number of benzene rings is 4. The summed E-state index contributed by atoms with van der Waals surface area (Å²) in [7, 11) is 0. The summed E-state index contributed by atoms with van der Waals surface area (Å²) in [6, 6.07) is 17.0. The minimum Gasteiger partial charge on any atom is -0.428 e. The highest BCUT2D eigenvalue weighted by Crippen LogP contribution is 2.41. The van der Waals surface area contributed by atoms with Crippen LogP contribution in [0.4, 0.5) is 17.6 Å². The first-order valence-corrected chi connectivity index (χ1v) is 14.4. The summed E-state index contributed by atoms with van der Waals surface area (Å²) in [5, 5.41) is 0.194. The Bertz CT molecular complexity index is 1540. The number of fused-ring (bicyclic) bond motifs is 1. The zero-order chi connectivity index (χ0) is 34.7. The number of hydrogen-bond donors (Lipinski definition) is 0. The summed E-state index contributed by atoms with van der Waals surface area (Å²) in [6.07, 6.45) is -7.66. The zero-order valence-corrected chi connectivity index (χ0v) is 26.5. The van der Waals surface area contributed by atoms with Gasteiger partial charge in [-0.15, -0.1) is 0 Å². The number of rotatable bonds is 10. The van der Waals surface area contributed by atoms with E-state index in [1.165, 1.54) is 74.5 Å². The largest absolute Gasteiger partial charge is 0.428 e. The lowest BCUT2D eigenvalue weighted by Gasteiger charge is -2.22. The summed E-state index contributed by atoms with van der Waals surface area (Å²) in [4.78, 5) is 23.3. The van der Waals surface area contributed by atoms with Gasteiger partial charge < -0.3 is 18.9 Å². The molecule has 0 amide bonds. The van der Waals surface area contributed by atoms with E-state index >= 15 is 17.6 Å². The lowest BCUT2D eigenvalue weighted by Crippen LogP contribution is -2.22. The summed E-state index contributed by atoms with van der Waals surface area (Å²) in [5.74, 6) is -1.89. The molecule has 4 rings (SSSR count). The van der Waals surface area contributed by atoms with Gasteiger partial charge in [0.1, 0.15) is 23.0 Å². The first-order chi connectivity index (χ1) is 21.8. The Morgan fingerprint density at radius 1 is 0.543 bits per heavy atom. The average Bonchev–Trinajstić information content (AvgIpc) is 3.03. The Hall–Kier alpha value is -5.12. The number of esters is 2. The van der Waals surface area contributed by atoms with Gasteiger partial charge in [0.25, 0.3) is 0 Å². The highest BCUT2D eigenvalue weighted by molar-refractivity contribution is 5.93. The van der Waals surface area contributed by atoms with Crippen molar-refractivity contribution in [2.75, 3.05) is 0 Å². The Balaban J connectivity index is 0.00000177. The Morgan fingerprint density at radius 3 is 1.13 bits per heavy atom. The second-order valence-corrected chi connectivity index (χ2v) is 9.23. The van der Waals surface area contributed by atoms with Crippen LogP contribution in [0.5, 0.6) is 23.0 Å². The van der Waals surface area contributed by atoms with Crippen molar-refractivity contribution < 1.29 is 46.1 Å². The van der Waals surface area contributed by atoms with Crippen molar-refractivity contribution in [3.63, 3.8) is 0 Å². The summed E-state index contributed by atoms with van der Waals surface area (Å²) in [5.41, 5.74) is -0.787. The van der Waals surface area contributed by atoms with Gasteiger partial charge in [-0.25, -0.2) is 9.59 Å². The fourth-order valence-corrected chi connectivity index (χ4v) is 3.65. The fourth-order valence-electron chi connectivity index (χ4n) is 3.65. The summed E-state index contributed by atoms with van der Waals surface area (Å²) < 4.78 is 80.6. The number of alkyl halides is 4. The first-order valence-electron chi connectivity index (χ1n) is 14.4. The van der Waals surface area contributed by atoms with Gasteiger partial charge >= 0.3 is 24.2 Å². The molecule has 46 heavy (non-hydrogen) atoms. The number of ether oxygens (including phenoxy) is 4. The lowest BCUT2D eigenvalue weighted by atomic mass is 10.1. The van der Waals surface area contributed by atoms with Crippen LogP contribution in [-0.2, 0) is 21.8 Å². The zero-order valence-electron chi connectivity index (χ0n) is 26.5. The van der Waals surface area contributed by atoms with Crippen molar-refractivity contribution in [1.82, 2.24) is 0 Å². The number of hydrogen-bond acceptors (Lipinski definition) is 6. The summed E-state index contributed by atoms with van der Waals surface area (Å²) in [6.45, 7) is 17.8. The molecule has 0 radical (unpaired) electrons. The lowest BCUT2D eigenvalue weighted by molar-refractivity contribution is -0.186. The molecule has 0 saturated carbocycles. The standard InChI is InChI=1S/C32H24F4O6.2C2H6/c1-19(2)29(37)39-23-15-11-21(12-16-23)31(33,34)41-27-9-5-8-26-25(27)7-6-10-28(26)42-32(35,36)22-13-17-24(18-14-22)40-30(38)20(3)4;2*1-2/h5-18H,1,3H2,2,4H3;2*1-2H3. The maximum Gasteiger partial charge on any atom is 0.426 e. The van der Waals surface area contributed by atoms with Crippen LogP contribution in [-0.4, -0.2) is 11.9 Å². The highest BCUT2D eigenvalue weighted by Gasteiger charge is 2.37. The molecular weight excluding hydrogens is 604 g/mol. The third-order valence-electron chi connectivity index (χ3n) is 5.82. The van der Waals surface area contributed by atoms with Crippen molar-refractivity contribution >= 4 is 22.7 Å². The van der Waals surface area contributed by atoms with Crippen LogP contribution in [0.3, 0.4) is 0 Å². The molecule has 0 N–H and O–H groups in total. The van der Waals surface area contributed by atoms with Crippen molar-refractivity contribution in [3.8, 4) is 23.0 Å². The number of halogens is 4. The predicted molar refractivity (Wildman–Crippen MR) is 169 cm³/mol. The van der Waals surface area contributed by atoms with Gasteiger partial charge in [0, 0.05) is 21.9 Å². The molecule has 4 aromatic carbocycles. The van der Waals surface area contributed by atoms with Gasteiger partial charge in [0.05, 0.1) is 11.1 Å². The molecular formula is C36H36F4O6. The molecule has 0 spiro atoms. The third kappa shape index (κ3) is 9.44. The van der Waals surface area contributed by atoms with Crippen molar-refractivity contribution in [1.29, 1.82) is 0 Å². The Morgan fingerprint density at radius 2 is 0.848 bits per heavy atom. The quantitative estimate of drug-likeness (QED) is 0.0744. The normalized spacial score (nSPS) is 10.7. The van der Waals surface area contributed by atoms with E-state index in [2.05, 4.69) is 13.2 Å². The molecule has 0 aromatic heterocycles. The van der Waals surface area contributed by atoms with Crippen LogP contribution >= 0.6 is 0 Å². The van der Waals surface area contributed by atoms with E-state index in [-0.39, 0.29) is 44.9 Å². The van der Waals surface area contributed by atoms with Gasteiger partial charge in [-0.2, -0.15) is 17.6 Å². The maximum atomic E-state index is 15.1. The van der Waals surface area contributed by atoms with Crippen LogP contribution in [0.25, 0.3) is 10.8 Å². The van der Waals surface area contributed by atoms with E-state index < -0.39 is 35.3 Å². The average molecular weight is 641 g/mol. The minimum atomic E-state index is -3.83. The second kappa shape index (κ2) is 16.3. The van der Waals surface area contributed by atoms with E-state index in [4.69, 9.17) is 18.9 Å². The monoisotopic (exact) mass is 640 g/mol. The molecule has 4 aromatic rings. The van der Waals surface area contributed by atoms with Crippen LogP contribution in [0.15, 0.2) is 109 Å². The molecule has 0 aliphatic rings. The van der Waals surface area contributed by atoms with E-state index in [1.807, 2.05) is 27.7 Å². The molecule has 0 unspecified atom stereocenters. The third-order valence-corrected chi connectivity index (χ3v) is 5.82. The molecule has 0 heterocycles. The minimum absolute atomic E-state index is 0.0398. The fraction of sp³-hybridized carbons (Fsp3) is 0.222. The molecule has 10 heteroatoms. The van der Waals surface area contributed by atoms with E-state index in [0.29, 0.717) is 0 Å². The van der Waals surface area contributed by atoms with E-state index in [9.17, 15) is 9.59 Å².